The number of ether oxygens (including phenoxy) is 2. The van der Waals surface area contributed by atoms with Gasteiger partial charge in [-0.15, -0.1) is 0 Å². The Morgan fingerprint density at radius 1 is 0.534 bits per heavy atom. The third-order valence-electron chi connectivity index (χ3n) is 19.3. The molecule has 0 radical (unpaired) electrons. The topological polar surface area (TPSA) is 326 Å². The zero-order valence-corrected chi connectivity index (χ0v) is 72.3. The molecule has 1 amide bonds. The Hall–Kier alpha value is -11.0. The second kappa shape index (κ2) is 37.7. The molecule has 0 saturated heterocycles. The van der Waals surface area contributed by atoms with Crippen LogP contribution in [0.4, 0.5) is 9.59 Å². The van der Waals surface area contributed by atoms with Crippen LogP contribution in [0.2, 0.25) is 0 Å². The van der Waals surface area contributed by atoms with E-state index in [-0.39, 0.29) is 42.4 Å². The van der Waals surface area contributed by atoms with Gasteiger partial charge in [-0.2, -0.15) is 6.42 Å². The minimum Gasteiger partial charge on any atom is -0.443 e. The molecule has 2 N–H and O–H groups in total. The Labute approximate surface area is 713 Å². The molecule has 118 heavy (non-hydrogen) atoms. The van der Waals surface area contributed by atoms with Crippen LogP contribution >= 0.6 is 31.9 Å². The fourth-order valence-corrected chi connectivity index (χ4v) is 13.8. The molecule has 14 aromatic rings. The number of hydroxylamine groups is 2. The molecule has 29 heteroatoms. The van der Waals surface area contributed by atoms with Gasteiger partial charge in [-0.3, -0.25) is 39.3 Å². The zero-order valence-electron chi connectivity index (χ0n) is 69.2. The van der Waals surface area contributed by atoms with Crippen LogP contribution in [0.1, 0.15) is 212 Å². The largest absolute Gasteiger partial charge is 1.00 e. The maximum atomic E-state index is 13.6. The zero-order chi connectivity index (χ0) is 83.8. The van der Waals surface area contributed by atoms with Crippen molar-refractivity contribution in [2.24, 2.45) is 0 Å². The Morgan fingerprint density at radius 3 is 1.24 bits per heavy atom. The van der Waals surface area contributed by atoms with Crippen molar-refractivity contribution in [1.29, 1.82) is 0 Å². The van der Waals surface area contributed by atoms with Crippen LogP contribution in [0.5, 0.6) is 0 Å². The van der Waals surface area contributed by atoms with Gasteiger partial charge in [0.2, 0.25) is 0 Å². The summed E-state index contributed by atoms with van der Waals surface area (Å²) >= 11 is 6.54. The summed E-state index contributed by atoms with van der Waals surface area (Å²) in [6.45, 7) is 27.8. The molecule has 0 spiro atoms. The Morgan fingerprint density at radius 2 is 0.898 bits per heavy atom. The number of carbonyl (C=O) groups excluding carboxylic acids is 4. The number of H-pyrrole nitrogens is 1. The second-order valence-corrected chi connectivity index (χ2v) is 32.6. The standard InChI is InChI=1S/C26H23N5O2.C26H26N4O4.C23H28N4O5.2C5H4BrN.C4H9.Li/c1-15-23(16(2)33-31-15)18-13-21(24-22(14-18)29-25(30-24)17-3-4-17)26(32,19-5-9-27-10-6-19)20-7-11-28-12-8-20;1-14-21(15(2)34-29-14)18-12-19(23(31)16-8-10-27-11-9-16)22-20(13-18)30(24(28-22)17-6-7-17)25(32)33-26(3,4)5;1-12-18(13(2)32-25-12)15-10-16(21(28)26(6)30-7)19-17(11-15)27(20(24-19)14-8-9-14)22(29)31-23(3,4)5;2*6-5-1-3-7-4-2-5;1-3-4-2;/h5-14,17,32H,3-4H2,1-2H3,(H,29,30);8-13,17H,6-7H2,1-5H3;10-11,14H,8-9H2,1-7H3;2*1-4H;1,3-4H2,2H3;/q;;;;;-1;+1. The summed E-state index contributed by atoms with van der Waals surface area (Å²) in [5.41, 5.74) is 11.1. The average molecular weight is 1720 g/mol. The van der Waals surface area contributed by atoms with Crippen LogP contribution in [0.3, 0.4) is 0 Å². The number of hydrogen-bond acceptors (Lipinski definition) is 22. The van der Waals surface area contributed by atoms with Crippen LogP contribution in [0.25, 0.3) is 66.5 Å². The van der Waals surface area contributed by atoms with Crippen molar-refractivity contribution < 1.29 is 71.0 Å². The molecule has 606 valence electrons. The molecule has 3 aliphatic rings. The molecular formula is C89H94Br2LiN15O11. The van der Waals surface area contributed by atoms with Crippen molar-refractivity contribution in [3.63, 3.8) is 0 Å². The van der Waals surface area contributed by atoms with Gasteiger partial charge in [-0.25, -0.2) is 38.7 Å². The Bertz CT molecular complexity index is 5710. The number of amides is 1. The van der Waals surface area contributed by atoms with Crippen LogP contribution < -0.4 is 18.9 Å². The number of hydrogen-bond donors (Lipinski definition) is 2. The number of carbonyl (C=O) groups is 4. The van der Waals surface area contributed by atoms with Crippen molar-refractivity contribution in [3.05, 3.63) is 260 Å². The second-order valence-electron chi connectivity index (χ2n) is 30.7. The first kappa shape index (κ1) is 87.8. The van der Waals surface area contributed by atoms with Gasteiger partial charge in [0.15, 0.2) is 5.78 Å². The first-order chi connectivity index (χ1) is 55.9. The van der Waals surface area contributed by atoms with E-state index in [1.807, 2.05) is 150 Å². The molecule has 0 atom stereocenters. The van der Waals surface area contributed by atoms with Crippen LogP contribution in [-0.4, -0.2) is 129 Å². The molecule has 3 aromatic carbocycles. The van der Waals surface area contributed by atoms with Gasteiger partial charge in [0.05, 0.1) is 57.4 Å². The monoisotopic (exact) mass is 1710 g/mol. The van der Waals surface area contributed by atoms with E-state index in [1.54, 1.807) is 86.2 Å². The molecule has 26 nitrogen and oxygen atoms in total. The fourth-order valence-electron chi connectivity index (χ4n) is 13.3. The molecule has 11 aromatic heterocycles. The van der Waals surface area contributed by atoms with Crippen LogP contribution in [0.15, 0.2) is 182 Å². The summed E-state index contributed by atoms with van der Waals surface area (Å²) in [5.74, 6) is 4.37. The normalized spacial score (nSPS) is 13.1. The van der Waals surface area contributed by atoms with Gasteiger partial charge in [-0.05, 0) is 246 Å². The van der Waals surface area contributed by atoms with Crippen molar-refractivity contribution >= 4 is 88.8 Å². The van der Waals surface area contributed by atoms with Crippen LogP contribution in [-0.2, 0) is 19.9 Å². The third kappa shape index (κ3) is 20.4. The molecule has 3 fully saturated rings. The van der Waals surface area contributed by atoms with Gasteiger partial charge in [0.1, 0.15) is 62.6 Å². The number of rotatable bonds is 14. The smallest absolute Gasteiger partial charge is 0.443 e. The number of unbranched alkanes of at least 4 members (excludes halogenated alkanes) is 1. The minimum absolute atomic E-state index is 0. The number of nitrogens with zero attached hydrogens (tertiary/aromatic N) is 14. The van der Waals surface area contributed by atoms with E-state index < -0.39 is 29.0 Å². The molecular weight excluding hydrogens is 1620 g/mol. The maximum Gasteiger partial charge on any atom is 1.00 e. The van der Waals surface area contributed by atoms with Crippen molar-refractivity contribution in [2.45, 2.75) is 176 Å². The van der Waals surface area contributed by atoms with Gasteiger partial charge in [0.25, 0.3) is 5.91 Å². The van der Waals surface area contributed by atoms with Gasteiger partial charge >= 0.3 is 31.0 Å². The number of fused-ring (bicyclic) bond motifs is 3. The molecule has 0 bridgehead atoms. The number of nitrogens with one attached hydrogen (secondary N) is 1. The fraction of sp³-hybridized carbons (Fsp3) is 0.326. The van der Waals surface area contributed by atoms with Gasteiger partial charge < -0.3 is 40.1 Å². The number of halogens is 2. The molecule has 0 aliphatic heterocycles. The Balaban J connectivity index is 0.000000156. The van der Waals surface area contributed by atoms with Crippen molar-refractivity contribution in [2.75, 3.05) is 14.2 Å². The summed E-state index contributed by atoms with van der Waals surface area (Å²) in [5, 5.41) is 25.9. The first-order valence-electron chi connectivity index (χ1n) is 38.5. The van der Waals surface area contributed by atoms with Gasteiger partial charge in [0, 0.05) is 124 Å². The molecule has 11 heterocycles. The van der Waals surface area contributed by atoms with E-state index in [9.17, 15) is 24.3 Å². The predicted octanol–water partition coefficient (Wildman–Crippen LogP) is 17.3. The molecule has 3 saturated carbocycles. The van der Waals surface area contributed by atoms with E-state index in [0.29, 0.717) is 101 Å². The summed E-state index contributed by atoms with van der Waals surface area (Å²) in [4.78, 5) is 96.6. The van der Waals surface area contributed by atoms with E-state index in [0.717, 1.165) is 115 Å². The average Bonchev–Trinajstić information content (AvgIpc) is 1.39. The molecule has 3 aliphatic carbocycles. The number of aryl methyl sites for hydroxylation is 6. The first-order valence-corrected chi connectivity index (χ1v) is 40.1. The van der Waals surface area contributed by atoms with Crippen molar-refractivity contribution in [3.8, 4) is 33.4 Å². The van der Waals surface area contributed by atoms with Gasteiger partial charge in [-0.1, -0.05) is 60.7 Å². The predicted molar refractivity (Wildman–Crippen MR) is 451 cm³/mol. The number of imidazole rings is 3. The third-order valence-corrected chi connectivity index (χ3v) is 20.4. The summed E-state index contributed by atoms with van der Waals surface area (Å²) in [6, 6.07) is 29.6. The van der Waals surface area contributed by atoms with Crippen LogP contribution in [0, 0.1) is 48.5 Å². The number of aromatic nitrogens is 14. The number of pyridine rings is 5. The number of ketones is 1. The van der Waals surface area contributed by atoms with Crippen molar-refractivity contribution in [1.82, 2.24) is 74.5 Å². The summed E-state index contributed by atoms with van der Waals surface area (Å²) in [7, 11) is 2.95. The summed E-state index contributed by atoms with van der Waals surface area (Å²) in [6.07, 6.45) is 24.2. The van der Waals surface area contributed by atoms with E-state index in [1.165, 1.54) is 29.7 Å². The number of aliphatic hydroxyl groups is 1. The number of aromatic amines is 1. The quantitative estimate of drug-likeness (QED) is 0.0442. The van der Waals surface area contributed by atoms with E-state index >= 15 is 0 Å². The SMILES string of the molecule is Brc1ccncc1.Brc1ccncc1.CON(C)C(=O)c1cc(-c2c(C)noc2C)cc2c1nc(C1CC1)n2C(=O)OC(C)(C)C.Cc1noc(C)c1-c1cc(C(=O)c2ccncc2)c2nc(C3CC3)n(C(=O)OC(C)(C)C)c2c1.Cc1noc(C)c1-c1cc(C(O)(c2ccncc2)c2ccncc2)c2nc(C3CC3)[nH]c2c1.[CH2-]CCC.[Li+]. The van der Waals surface area contributed by atoms with E-state index in [2.05, 4.69) is 97.1 Å². The van der Waals surface area contributed by atoms with E-state index in [4.69, 9.17) is 42.8 Å². The Kier molecular flexibility index (Phi) is 28.1. The minimum atomic E-state index is -1.46. The summed E-state index contributed by atoms with van der Waals surface area (Å²) < 4.78 is 32.8. The number of benzene rings is 3. The maximum absolute atomic E-state index is 13.6. The molecule has 0 unspecified atom stereocenters. The molecule has 17 rings (SSSR count).